The van der Waals surface area contributed by atoms with Crippen molar-refractivity contribution in [3.8, 4) is 0 Å². The average molecular weight is 608 g/mol. The molecule has 0 heterocycles. The summed E-state index contributed by atoms with van der Waals surface area (Å²) in [6, 6.07) is 44.2. The molecule has 5 rings (SSSR count). The van der Waals surface area contributed by atoms with Crippen LogP contribution in [0, 0.1) is 5.41 Å². The summed E-state index contributed by atoms with van der Waals surface area (Å²) >= 11 is 13.4. The van der Waals surface area contributed by atoms with Crippen LogP contribution < -0.4 is 4.90 Å². The number of guanidine groups is 1. The predicted octanol–water partition coefficient (Wildman–Crippen LogP) is 9.26. The molecular weight excluding hydrogens is 575 g/mol. The van der Waals surface area contributed by atoms with Crippen molar-refractivity contribution < 1.29 is 4.79 Å². The molecule has 0 saturated carbocycles. The normalized spacial score (nSPS) is 10.7. The maximum absolute atomic E-state index is 14.7. The third-order valence-electron chi connectivity index (χ3n) is 7.02. The fourth-order valence-corrected chi connectivity index (χ4v) is 5.49. The Bertz CT molecular complexity index is 1570. The van der Waals surface area contributed by atoms with E-state index in [2.05, 4.69) is 0 Å². The standard InChI is InChI=1S/C36H32Cl2N4O/c37-32-22-13-23-33(38)34(32)41(26-30-18-9-3-10-19-30)35(39)42(27-31-20-11-4-12-21-31)36(43)40(24-28-14-5-1-6-15-28)25-29-16-7-2-8-17-29/h1-23,39H,24-27H2. The van der Waals surface area contributed by atoms with Gasteiger partial charge < -0.3 is 9.80 Å². The van der Waals surface area contributed by atoms with Crippen LogP contribution in [0.15, 0.2) is 140 Å². The first-order chi connectivity index (χ1) is 21.0. The summed E-state index contributed by atoms with van der Waals surface area (Å²) < 4.78 is 0. The summed E-state index contributed by atoms with van der Waals surface area (Å²) in [6.07, 6.45) is 0. The summed E-state index contributed by atoms with van der Waals surface area (Å²) in [6.45, 7) is 1.22. The fraction of sp³-hybridized carbons (Fsp3) is 0.111. The number of nitrogens with one attached hydrogen (secondary N) is 1. The van der Waals surface area contributed by atoms with Gasteiger partial charge in [-0.15, -0.1) is 0 Å². The first-order valence-corrected chi connectivity index (χ1v) is 14.8. The van der Waals surface area contributed by atoms with Crippen molar-refractivity contribution >= 4 is 40.9 Å². The van der Waals surface area contributed by atoms with Crippen LogP contribution in [0.2, 0.25) is 10.0 Å². The zero-order valence-electron chi connectivity index (χ0n) is 23.6. The van der Waals surface area contributed by atoms with E-state index >= 15 is 0 Å². The van der Waals surface area contributed by atoms with Crippen LogP contribution in [0.4, 0.5) is 10.5 Å². The van der Waals surface area contributed by atoms with Gasteiger partial charge in [-0.3, -0.25) is 10.3 Å². The molecule has 7 heteroatoms. The Kier molecular flexibility index (Phi) is 10.1. The Labute approximate surface area is 263 Å². The van der Waals surface area contributed by atoms with Gasteiger partial charge in [-0.2, -0.15) is 0 Å². The Morgan fingerprint density at radius 3 is 1.30 bits per heavy atom. The molecule has 0 aliphatic carbocycles. The van der Waals surface area contributed by atoms with Gasteiger partial charge >= 0.3 is 6.03 Å². The largest absolute Gasteiger partial charge is 0.327 e. The van der Waals surface area contributed by atoms with E-state index in [1.54, 1.807) is 28.0 Å². The van der Waals surface area contributed by atoms with E-state index in [0.717, 1.165) is 22.3 Å². The van der Waals surface area contributed by atoms with Gasteiger partial charge in [0.2, 0.25) is 5.96 Å². The van der Waals surface area contributed by atoms with Crippen LogP contribution in [-0.4, -0.2) is 21.8 Å². The number of benzene rings is 5. The molecule has 5 nitrogen and oxygen atoms in total. The topological polar surface area (TPSA) is 50.6 Å². The summed E-state index contributed by atoms with van der Waals surface area (Å²) in [5.41, 5.74) is 4.30. The van der Waals surface area contributed by atoms with Gasteiger partial charge in [0.15, 0.2) is 0 Å². The van der Waals surface area contributed by atoms with Gasteiger partial charge in [0.1, 0.15) is 0 Å². The lowest BCUT2D eigenvalue weighted by molar-refractivity contribution is 0.166. The van der Waals surface area contributed by atoms with Gasteiger partial charge in [-0.05, 0) is 34.4 Å². The molecule has 0 spiro atoms. The lowest BCUT2D eigenvalue weighted by Crippen LogP contribution is -2.51. The van der Waals surface area contributed by atoms with Crippen LogP contribution in [0.3, 0.4) is 0 Å². The van der Waals surface area contributed by atoms with E-state index in [1.165, 1.54) is 4.90 Å². The predicted molar refractivity (Wildman–Crippen MR) is 176 cm³/mol. The summed E-state index contributed by atoms with van der Waals surface area (Å²) in [4.78, 5) is 19.7. The molecule has 216 valence electrons. The van der Waals surface area contributed by atoms with Crippen molar-refractivity contribution in [1.29, 1.82) is 5.41 Å². The highest BCUT2D eigenvalue weighted by atomic mass is 35.5. The number of anilines is 1. The molecule has 2 amide bonds. The first kappa shape index (κ1) is 29.9. The molecule has 0 aromatic heterocycles. The lowest BCUT2D eigenvalue weighted by Gasteiger charge is -2.36. The van der Waals surface area contributed by atoms with Crippen molar-refractivity contribution in [2.24, 2.45) is 0 Å². The van der Waals surface area contributed by atoms with Gasteiger partial charge in [-0.25, -0.2) is 4.79 Å². The minimum atomic E-state index is -0.303. The van der Waals surface area contributed by atoms with E-state index in [4.69, 9.17) is 23.2 Å². The van der Waals surface area contributed by atoms with Gasteiger partial charge in [0.25, 0.3) is 0 Å². The Morgan fingerprint density at radius 1 is 0.512 bits per heavy atom. The molecule has 0 aliphatic rings. The summed E-state index contributed by atoms with van der Waals surface area (Å²) in [5.74, 6) is -0.0289. The zero-order chi connectivity index (χ0) is 30.0. The maximum Gasteiger partial charge on any atom is 0.327 e. The van der Waals surface area contributed by atoms with E-state index in [0.29, 0.717) is 35.4 Å². The number of carbonyl (C=O) groups excluding carboxylic acids is 1. The third kappa shape index (κ3) is 7.83. The number of nitrogens with zero attached hydrogens (tertiary/aromatic N) is 3. The molecule has 1 N–H and O–H groups in total. The highest BCUT2D eigenvalue weighted by Gasteiger charge is 2.31. The quantitative estimate of drug-likeness (QED) is 0.134. The molecule has 0 fully saturated rings. The van der Waals surface area contributed by atoms with Crippen LogP contribution in [0.1, 0.15) is 22.3 Å². The van der Waals surface area contributed by atoms with Crippen LogP contribution >= 0.6 is 23.2 Å². The Balaban J connectivity index is 1.58. The number of amides is 2. The van der Waals surface area contributed by atoms with E-state index in [1.807, 2.05) is 121 Å². The second kappa shape index (κ2) is 14.5. The van der Waals surface area contributed by atoms with Crippen molar-refractivity contribution in [2.75, 3.05) is 4.90 Å². The highest BCUT2D eigenvalue weighted by molar-refractivity contribution is 6.40. The first-order valence-electron chi connectivity index (χ1n) is 14.0. The lowest BCUT2D eigenvalue weighted by atomic mass is 10.1. The number of halogens is 2. The van der Waals surface area contributed by atoms with Gasteiger partial charge in [-0.1, -0.05) is 151 Å². The number of hydrogen-bond acceptors (Lipinski definition) is 2. The molecular formula is C36H32Cl2N4O. The smallest absolute Gasteiger partial charge is 0.316 e. The molecule has 0 radical (unpaired) electrons. The second-order valence-corrected chi connectivity index (χ2v) is 11.0. The number of para-hydroxylation sites is 1. The van der Waals surface area contributed by atoms with Crippen molar-refractivity contribution in [3.63, 3.8) is 0 Å². The van der Waals surface area contributed by atoms with Crippen LogP contribution in [0.25, 0.3) is 0 Å². The Hall–Kier alpha value is -4.58. The van der Waals surface area contributed by atoms with Crippen molar-refractivity contribution in [1.82, 2.24) is 9.80 Å². The van der Waals surface area contributed by atoms with E-state index in [9.17, 15) is 10.2 Å². The number of rotatable bonds is 9. The van der Waals surface area contributed by atoms with Crippen LogP contribution in [0.5, 0.6) is 0 Å². The highest BCUT2D eigenvalue weighted by Crippen LogP contribution is 2.35. The van der Waals surface area contributed by atoms with E-state index < -0.39 is 0 Å². The monoisotopic (exact) mass is 606 g/mol. The summed E-state index contributed by atoms with van der Waals surface area (Å²) in [5, 5.41) is 10.4. The van der Waals surface area contributed by atoms with Crippen molar-refractivity contribution in [2.45, 2.75) is 26.2 Å². The molecule has 0 saturated heterocycles. The molecule has 0 unspecified atom stereocenters. The number of urea groups is 1. The molecule has 0 aliphatic heterocycles. The third-order valence-corrected chi connectivity index (χ3v) is 7.63. The SMILES string of the molecule is N=C(N(Cc1ccccc1)C(=O)N(Cc1ccccc1)Cc1ccccc1)N(Cc1ccccc1)c1c(Cl)cccc1Cl. The molecule has 5 aromatic rings. The number of carbonyl (C=O) groups is 1. The van der Waals surface area contributed by atoms with Gasteiger partial charge in [0, 0.05) is 13.1 Å². The molecule has 0 atom stereocenters. The number of hydrogen-bond donors (Lipinski definition) is 1. The molecule has 5 aromatic carbocycles. The fourth-order valence-electron chi connectivity index (χ4n) is 4.89. The second-order valence-electron chi connectivity index (χ2n) is 10.1. The van der Waals surface area contributed by atoms with Gasteiger partial charge in [0.05, 0.1) is 28.8 Å². The molecule has 43 heavy (non-hydrogen) atoms. The molecule has 0 bridgehead atoms. The minimum absolute atomic E-state index is 0.0289. The zero-order valence-corrected chi connectivity index (χ0v) is 25.1. The van der Waals surface area contributed by atoms with Crippen molar-refractivity contribution in [3.05, 3.63) is 172 Å². The average Bonchev–Trinajstić information content (AvgIpc) is 3.04. The van der Waals surface area contributed by atoms with Crippen LogP contribution in [-0.2, 0) is 26.2 Å². The minimum Gasteiger partial charge on any atom is -0.316 e. The summed E-state index contributed by atoms with van der Waals surface area (Å²) in [7, 11) is 0. The van der Waals surface area contributed by atoms with E-state index in [-0.39, 0.29) is 18.5 Å². The maximum atomic E-state index is 14.7. The Morgan fingerprint density at radius 2 is 0.884 bits per heavy atom.